The lowest BCUT2D eigenvalue weighted by molar-refractivity contribution is 0.544. The number of rotatable bonds is 2. The number of fused-ring (bicyclic) bond motifs is 2. The van der Waals surface area contributed by atoms with E-state index in [9.17, 15) is 0 Å². The van der Waals surface area contributed by atoms with Gasteiger partial charge in [-0.2, -0.15) is 0 Å². The number of alkyl halides is 1. The van der Waals surface area contributed by atoms with Crippen LogP contribution in [0.3, 0.4) is 0 Å². The number of hydrogen-bond acceptors (Lipinski definition) is 1. The molecule has 1 heterocycles. The van der Waals surface area contributed by atoms with Crippen molar-refractivity contribution in [2.24, 2.45) is 5.92 Å². The van der Waals surface area contributed by atoms with E-state index < -0.39 is 0 Å². The zero-order valence-corrected chi connectivity index (χ0v) is 14.5. The lowest BCUT2D eigenvalue weighted by atomic mass is 9.95. The van der Waals surface area contributed by atoms with Crippen molar-refractivity contribution in [3.05, 3.63) is 69.0 Å². The van der Waals surface area contributed by atoms with E-state index in [1.165, 1.54) is 26.8 Å². The summed E-state index contributed by atoms with van der Waals surface area (Å²) in [6.45, 7) is 0. The summed E-state index contributed by atoms with van der Waals surface area (Å²) in [4.78, 5) is 0. The van der Waals surface area contributed by atoms with E-state index in [4.69, 9.17) is 11.6 Å². The fraction of sp³-hybridized carbons (Fsp3) is 0.222. The van der Waals surface area contributed by atoms with Crippen LogP contribution in [0.25, 0.3) is 10.1 Å². The molecule has 0 N–H and O–H groups in total. The summed E-state index contributed by atoms with van der Waals surface area (Å²) >= 11 is 12.3. The molecule has 1 aromatic heterocycles. The maximum absolute atomic E-state index is 6.87. The Bertz CT molecular complexity index is 783. The van der Waals surface area contributed by atoms with Crippen molar-refractivity contribution in [1.29, 1.82) is 0 Å². The molecule has 1 atom stereocenters. The summed E-state index contributed by atoms with van der Waals surface area (Å²) in [5.74, 6) is 0.501. The number of halogens is 2. The monoisotopic (exact) mass is 376 g/mol. The van der Waals surface area contributed by atoms with Gasteiger partial charge in [0.15, 0.2) is 0 Å². The molecule has 4 rings (SSSR count). The van der Waals surface area contributed by atoms with Crippen LogP contribution in [0.1, 0.15) is 22.1 Å². The van der Waals surface area contributed by atoms with Crippen LogP contribution in [0.15, 0.2) is 52.3 Å². The first-order valence-electron chi connectivity index (χ1n) is 7.10. The Balaban J connectivity index is 1.69. The predicted molar refractivity (Wildman–Crippen MR) is 95.5 cm³/mol. The molecule has 21 heavy (non-hydrogen) atoms. The molecule has 0 aliphatic heterocycles. The Kier molecular flexibility index (Phi) is 3.56. The summed E-state index contributed by atoms with van der Waals surface area (Å²) in [5.41, 5.74) is 4.22. The molecule has 0 spiro atoms. The van der Waals surface area contributed by atoms with Crippen LogP contribution in [0.2, 0.25) is 0 Å². The van der Waals surface area contributed by atoms with Crippen LogP contribution in [0.4, 0.5) is 0 Å². The molecular formula is C18H14BrClS. The van der Waals surface area contributed by atoms with Gasteiger partial charge in [-0.05, 0) is 68.2 Å². The Hall–Kier alpha value is -0.830. The minimum absolute atomic E-state index is 0.0837. The molecule has 0 bridgehead atoms. The van der Waals surface area contributed by atoms with Gasteiger partial charge in [-0.15, -0.1) is 22.9 Å². The lowest BCUT2D eigenvalue weighted by Crippen LogP contribution is -2.07. The molecule has 1 aliphatic carbocycles. The van der Waals surface area contributed by atoms with Gasteiger partial charge in [0.1, 0.15) is 0 Å². The van der Waals surface area contributed by atoms with Crippen LogP contribution < -0.4 is 0 Å². The highest BCUT2D eigenvalue weighted by Crippen LogP contribution is 2.44. The lowest BCUT2D eigenvalue weighted by Gasteiger charge is -2.16. The normalized spacial score (nSPS) is 16.3. The molecular weight excluding hydrogens is 364 g/mol. The maximum Gasteiger partial charge on any atom is 0.0634 e. The average Bonchev–Trinajstić information content (AvgIpc) is 3.11. The van der Waals surface area contributed by atoms with Crippen LogP contribution >= 0.6 is 38.9 Å². The molecule has 1 aliphatic rings. The largest absolute Gasteiger partial charge is 0.142 e. The minimum Gasteiger partial charge on any atom is -0.142 e. The van der Waals surface area contributed by atoms with Crippen molar-refractivity contribution in [1.82, 2.24) is 0 Å². The standard InChI is InChI=1S/C18H14BrClS/c19-16-7-3-6-14-15(10-21-18(14)16)17(20)13-8-11-4-1-2-5-12(11)9-13/h1-7,10,13,17H,8-9H2. The van der Waals surface area contributed by atoms with Crippen molar-refractivity contribution in [2.75, 3.05) is 0 Å². The molecule has 0 radical (unpaired) electrons. The van der Waals surface area contributed by atoms with Crippen molar-refractivity contribution < 1.29 is 0 Å². The Morgan fingerprint density at radius 3 is 2.48 bits per heavy atom. The van der Waals surface area contributed by atoms with Gasteiger partial charge >= 0.3 is 0 Å². The fourth-order valence-electron chi connectivity index (χ4n) is 3.31. The van der Waals surface area contributed by atoms with Crippen LogP contribution in [0, 0.1) is 5.92 Å². The van der Waals surface area contributed by atoms with E-state index in [1.807, 2.05) is 0 Å². The molecule has 0 saturated carbocycles. The molecule has 3 aromatic rings. The summed E-state index contributed by atoms with van der Waals surface area (Å²) < 4.78 is 2.46. The molecule has 106 valence electrons. The Labute approximate surface area is 141 Å². The van der Waals surface area contributed by atoms with Crippen molar-refractivity contribution in [2.45, 2.75) is 18.2 Å². The summed E-state index contributed by atoms with van der Waals surface area (Å²) in [5, 5.41) is 3.61. The SMILES string of the molecule is ClC(c1csc2c(Br)cccc12)C1Cc2ccccc2C1. The van der Waals surface area contributed by atoms with E-state index >= 15 is 0 Å². The van der Waals surface area contributed by atoms with E-state index in [2.05, 4.69) is 63.8 Å². The van der Waals surface area contributed by atoms with Crippen LogP contribution in [-0.2, 0) is 12.8 Å². The van der Waals surface area contributed by atoms with E-state index in [-0.39, 0.29) is 5.38 Å². The van der Waals surface area contributed by atoms with Gasteiger partial charge in [-0.25, -0.2) is 0 Å². The quantitative estimate of drug-likeness (QED) is 0.456. The Morgan fingerprint density at radius 1 is 1.05 bits per heavy atom. The third-order valence-electron chi connectivity index (χ3n) is 4.38. The zero-order chi connectivity index (χ0) is 14.4. The summed E-state index contributed by atoms with van der Waals surface area (Å²) in [6.07, 6.45) is 2.19. The first-order valence-corrected chi connectivity index (χ1v) is 9.21. The van der Waals surface area contributed by atoms with Crippen molar-refractivity contribution in [3.63, 3.8) is 0 Å². The smallest absolute Gasteiger partial charge is 0.0634 e. The highest BCUT2D eigenvalue weighted by Gasteiger charge is 2.29. The summed E-state index contributed by atoms with van der Waals surface area (Å²) in [7, 11) is 0. The molecule has 3 heteroatoms. The van der Waals surface area contributed by atoms with Gasteiger partial charge in [0.25, 0.3) is 0 Å². The maximum atomic E-state index is 6.87. The second-order valence-electron chi connectivity index (χ2n) is 5.65. The number of hydrogen-bond donors (Lipinski definition) is 0. The van der Waals surface area contributed by atoms with E-state index in [0.717, 1.165) is 17.3 Å². The van der Waals surface area contributed by atoms with Gasteiger partial charge < -0.3 is 0 Å². The first kappa shape index (κ1) is 13.8. The highest BCUT2D eigenvalue weighted by molar-refractivity contribution is 9.10. The average molecular weight is 378 g/mol. The number of thiophene rings is 1. The highest BCUT2D eigenvalue weighted by atomic mass is 79.9. The molecule has 0 saturated heterocycles. The zero-order valence-electron chi connectivity index (χ0n) is 11.4. The van der Waals surface area contributed by atoms with Crippen molar-refractivity contribution >= 4 is 49.0 Å². The second-order valence-corrected chi connectivity index (χ2v) is 7.85. The molecule has 0 amide bonds. The first-order chi connectivity index (χ1) is 10.2. The molecule has 0 nitrogen and oxygen atoms in total. The van der Waals surface area contributed by atoms with Gasteiger partial charge in [-0.1, -0.05) is 36.4 Å². The topological polar surface area (TPSA) is 0 Å². The van der Waals surface area contributed by atoms with Crippen LogP contribution in [0.5, 0.6) is 0 Å². The summed E-state index contributed by atoms with van der Waals surface area (Å²) in [6, 6.07) is 15.1. The predicted octanol–water partition coefficient (Wildman–Crippen LogP) is 6.36. The van der Waals surface area contributed by atoms with Gasteiger partial charge in [0, 0.05) is 9.17 Å². The second kappa shape index (κ2) is 5.42. The third-order valence-corrected chi connectivity index (χ3v) is 6.94. The van der Waals surface area contributed by atoms with Gasteiger partial charge in [0.2, 0.25) is 0 Å². The van der Waals surface area contributed by atoms with Gasteiger partial charge in [-0.3, -0.25) is 0 Å². The third kappa shape index (κ3) is 2.34. The van der Waals surface area contributed by atoms with Gasteiger partial charge in [0.05, 0.1) is 5.38 Å². The van der Waals surface area contributed by atoms with Crippen LogP contribution in [-0.4, -0.2) is 0 Å². The molecule has 2 aromatic carbocycles. The minimum atomic E-state index is 0.0837. The van der Waals surface area contributed by atoms with E-state index in [1.54, 1.807) is 11.3 Å². The Morgan fingerprint density at radius 2 is 1.76 bits per heavy atom. The van der Waals surface area contributed by atoms with Crippen molar-refractivity contribution in [3.8, 4) is 0 Å². The molecule has 0 fully saturated rings. The molecule has 1 unspecified atom stereocenters. The number of benzene rings is 2. The fourth-order valence-corrected chi connectivity index (χ4v) is 5.40. The van der Waals surface area contributed by atoms with E-state index in [0.29, 0.717) is 5.92 Å².